The van der Waals surface area contributed by atoms with Crippen molar-refractivity contribution >= 4 is 16.9 Å². The molecule has 0 fully saturated rings. The van der Waals surface area contributed by atoms with Gasteiger partial charge in [0.15, 0.2) is 11.3 Å². The number of hydrogen-bond donors (Lipinski definition) is 0. The molecule has 0 aliphatic carbocycles. The monoisotopic (exact) mass is 358 g/mol. The third-order valence-electron chi connectivity index (χ3n) is 3.90. The number of rotatable bonds is 7. The van der Waals surface area contributed by atoms with Crippen LogP contribution in [0.1, 0.15) is 37.9 Å². The first-order valence-corrected chi connectivity index (χ1v) is 8.08. The Morgan fingerprint density at radius 1 is 1.36 bits per heavy atom. The number of carbonyl (C=O) groups excluding carboxylic acids is 1. The lowest BCUT2D eigenvalue weighted by molar-refractivity contribution is -0.141. The quantitative estimate of drug-likeness (QED) is 0.701. The van der Waals surface area contributed by atoms with Crippen molar-refractivity contribution in [3.05, 3.63) is 23.4 Å². The molecule has 0 saturated heterocycles. The van der Waals surface area contributed by atoms with Gasteiger partial charge >= 0.3 is 6.18 Å². The molecular formula is C17H21F3N2O3. The number of nitrogens with zero attached hydrogens (tertiary/aromatic N) is 2. The van der Waals surface area contributed by atoms with Crippen molar-refractivity contribution in [2.75, 3.05) is 20.2 Å². The van der Waals surface area contributed by atoms with Crippen molar-refractivity contribution in [1.82, 2.24) is 10.1 Å². The zero-order chi connectivity index (χ0) is 18.6. The summed E-state index contributed by atoms with van der Waals surface area (Å²) in [4.78, 5) is 12.7. The minimum absolute atomic E-state index is 0.0329. The second-order valence-electron chi connectivity index (χ2n) is 5.84. The summed E-state index contributed by atoms with van der Waals surface area (Å²) in [7, 11) is 1.70. The molecular weight excluding hydrogens is 337 g/mol. The number of ether oxygens (including phenoxy) is 1. The average Bonchev–Trinajstić information content (AvgIpc) is 2.97. The Kier molecular flexibility index (Phi) is 5.92. The Bertz CT molecular complexity index is 741. The molecule has 0 N–H and O–H groups in total. The second kappa shape index (κ2) is 7.76. The minimum Gasteiger partial charge on any atom is -0.493 e. The van der Waals surface area contributed by atoms with Gasteiger partial charge in [-0.25, -0.2) is 0 Å². The van der Waals surface area contributed by atoms with E-state index in [1.54, 1.807) is 11.9 Å². The molecule has 2 aromatic rings. The van der Waals surface area contributed by atoms with Gasteiger partial charge in [-0.2, -0.15) is 13.2 Å². The summed E-state index contributed by atoms with van der Waals surface area (Å²) in [6.45, 7) is 4.29. The van der Waals surface area contributed by atoms with Crippen molar-refractivity contribution in [2.24, 2.45) is 0 Å². The number of alkyl halides is 3. The standard InChI is InChI=1S/C17H21F3N2O3/c1-4-6-12-14(24-10-5-9-22(3)11(2)23)8-7-13-15(12)25-21-16(13)17(18,19)20/h7-8H,4-6,9-10H2,1-3H3. The molecule has 0 saturated carbocycles. The Morgan fingerprint density at radius 3 is 2.68 bits per heavy atom. The zero-order valence-electron chi connectivity index (χ0n) is 14.4. The highest BCUT2D eigenvalue weighted by atomic mass is 19.4. The summed E-state index contributed by atoms with van der Waals surface area (Å²) >= 11 is 0. The molecule has 0 atom stereocenters. The molecule has 1 aromatic carbocycles. The fourth-order valence-electron chi connectivity index (χ4n) is 2.51. The Morgan fingerprint density at radius 2 is 2.08 bits per heavy atom. The van der Waals surface area contributed by atoms with Crippen LogP contribution in [0.3, 0.4) is 0 Å². The highest BCUT2D eigenvalue weighted by molar-refractivity contribution is 5.85. The molecule has 138 valence electrons. The van der Waals surface area contributed by atoms with Crippen LogP contribution < -0.4 is 4.74 Å². The Labute approximate surface area is 143 Å². The van der Waals surface area contributed by atoms with Crippen LogP contribution in [0, 0.1) is 0 Å². The molecule has 5 nitrogen and oxygen atoms in total. The van der Waals surface area contributed by atoms with Crippen LogP contribution in [0.5, 0.6) is 5.75 Å². The van der Waals surface area contributed by atoms with E-state index in [4.69, 9.17) is 9.26 Å². The number of benzene rings is 1. The molecule has 2 rings (SSSR count). The van der Waals surface area contributed by atoms with Gasteiger partial charge in [-0.3, -0.25) is 4.79 Å². The predicted molar refractivity (Wildman–Crippen MR) is 86.4 cm³/mol. The van der Waals surface area contributed by atoms with Gasteiger partial charge in [-0.15, -0.1) is 0 Å². The molecule has 1 heterocycles. The van der Waals surface area contributed by atoms with E-state index in [-0.39, 0.29) is 16.9 Å². The topological polar surface area (TPSA) is 55.6 Å². The van der Waals surface area contributed by atoms with Gasteiger partial charge in [0.05, 0.1) is 12.0 Å². The van der Waals surface area contributed by atoms with E-state index >= 15 is 0 Å². The average molecular weight is 358 g/mol. The number of fused-ring (bicyclic) bond motifs is 1. The SMILES string of the molecule is CCCc1c(OCCCN(C)C(C)=O)ccc2c(C(F)(F)F)noc12. The molecule has 8 heteroatoms. The van der Waals surface area contributed by atoms with Gasteiger partial charge in [-0.05, 0) is 25.0 Å². The van der Waals surface area contributed by atoms with E-state index in [1.807, 2.05) is 6.92 Å². The van der Waals surface area contributed by atoms with Crippen LogP contribution in [0.2, 0.25) is 0 Å². The first-order chi connectivity index (χ1) is 11.8. The second-order valence-corrected chi connectivity index (χ2v) is 5.84. The van der Waals surface area contributed by atoms with Gasteiger partial charge in [0.25, 0.3) is 0 Å². The molecule has 0 unspecified atom stereocenters. The summed E-state index contributed by atoms with van der Waals surface area (Å²) in [5.41, 5.74) is -0.315. The van der Waals surface area contributed by atoms with E-state index in [0.717, 1.165) is 6.42 Å². The minimum atomic E-state index is -4.56. The van der Waals surface area contributed by atoms with Crippen LogP contribution in [0.4, 0.5) is 13.2 Å². The summed E-state index contributed by atoms with van der Waals surface area (Å²) in [5.74, 6) is 0.458. The maximum absolute atomic E-state index is 13.0. The van der Waals surface area contributed by atoms with Gasteiger partial charge in [0.2, 0.25) is 5.91 Å². The lowest BCUT2D eigenvalue weighted by Crippen LogP contribution is -2.25. The third-order valence-corrected chi connectivity index (χ3v) is 3.90. The molecule has 0 radical (unpaired) electrons. The molecule has 0 spiro atoms. The third kappa shape index (κ3) is 4.43. The highest BCUT2D eigenvalue weighted by Gasteiger charge is 2.37. The molecule has 1 amide bonds. The number of aryl methyl sites for hydroxylation is 1. The van der Waals surface area contributed by atoms with Crippen molar-refractivity contribution in [1.29, 1.82) is 0 Å². The van der Waals surface area contributed by atoms with Crippen LogP contribution in [0.25, 0.3) is 11.0 Å². The number of aromatic nitrogens is 1. The number of halogens is 3. The summed E-state index contributed by atoms with van der Waals surface area (Å²) in [5, 5.41) is 3.13. The summed E-state index contributed by atoms with van der Waals surface area (Å²) in [6.07, 6.45) is -2.70. The highest BCUT2D eigenvalue weighted by Crippen LogP contribution is 2.38. The maximum Gasteiger partial charge on any atom is 0.437 e. The van der Waals surface area contributed by atoms with E-state index in [0.29, 0.717) is 37.3 Å². The van der Waals surface area contributed by atoms with E-state index in [2.05, 4.69) is 5.16 Å². The van der Waals surface area contributed by atoms with Crippen molar-refractivity contribution in [2.45, 2.75) is 39.3 Å². The summed E-state index contributed by atoms with van der Waals surface area (Å²) in [6, 6.07) is 2.85. The smallest absolute Gasteiger partial charge is 0.437 e. The van der Waals surface area contributed by atoms with Crippen molar-refractivity contribution < 1.29 is 27.2 Å². The van der Waals surface area contributed by atoms with E-state index in [9.17, 15) is 18.0 Å². The maximum atomic E-state index is 13.0. The fraction of sp³-hybridized carbons (Fsp3) is 0.529. The fourth-order valence-corrected chi connectivity index (χ4v) is 2.51. The van der Waals surface area contributed by atoms with Crippen LogP contribution in [-0.2, 0) is 17.4 Å². The zero-order valence-corrected chi connectivity index (χ0v) is 14.4. The Hall–Kier alpha value is -2.25. The predicted octanol–water partition coefficient (Wildman–Crippen LogP) is 4.05. The molecule has 0 bridgehead atoms. The first kappa shape index (κ1) is 19.1. The van der Waals surface area contributed by atoms with Crippen LogP contribution in [0.15, 0.2) is 16.7 Å². The Balaban J connectivity index is 2.19. The van der Waals surface area contributed by atoms with Gasteiger partial charge < -0.3 is 14.2 Å². The number of hydrogen-bond acceptors (Lipinski definition) is 4. The van der Waals surface area contributed by atoms with Gasteiger partial charge in [0, 0.05) is 26.1 Å². The number of amides is 1. The summed E-state index contributed by atoms with van der Waals surface area (Å²) < 4.78 is 49.6. The molecule has 0 aliphatic heterocycles. The largest absolute Gasteiger partial charge is 0.493 e. The van der Waals surface area contributed by atoms with E-state index in [1.165, 1.54) is 19.1 Å². The van der Waals surface area contributed by atoms with Crippen LogP contribution in [-0.4, -0.2) is 36.2 Å². The lowest BCUT2D eigenvalue weighted by Gasteiger charge is -2.15. The van der Waals surface area contributed by atoms with Gasteiger partial charge in [-0.1, -0.05) is 18.5 Å². The first-order valence-electron chi connectivity index (χ1n) is 8.08. The molecule has 25 heavy (non-hydrogen) atoms. The normalized spacial score (nSPS) is 11.8. The number of carbonyl (C=O) groups is 1. The van der Waals surface area contributed by atoms with Crippen molar-refractivity contribution in [3.63, 3.8) is 0 Å². The van der Waals surface area contributed by atoms with E-state index < -0.39 is 11.9 Å². The molecule has 0 aliphatic rings. The van der Waals surface area contributed by atoms with Crippen molar-refractivity contribution in [3.8, 4) is 5.75 Å². The lowest BCUT2D eigenvalue weighted by atomic mass is 10.0. The molecule has 1 aromatic heterocycles. The van der Waals surface area contributed by atoms with Gasteiger partial charge in [0.1, 0.15) is 5.75 Å². The van der Waals surface area contributed by atoms with Crippen LogP contribution >= 0.6 is 0 Å².